The molecule has 1 amide bonds. The number of thiophene rings is 1. The van der Waals surface area contributed by atoms with Crippen molar-refractivity contribution in [2.45, 2.75) is 58.2 Å². The zero-order valence-electron chi connectivity index (χ0n) is 17.7. The molecule has 2 aromatic heterocycles. The third-order valence-electron chi connectivity index (χ3n) is 5.12. The second kappa shape index (κ2) is 8.71. The second-order valence-electron chi connectivity index (χ2n) is 7.81. The van der Waals surface area contributed by atoms with Crippen molar-refractivity contribution in [3.8, 4) is 0 Å². The number of thioether (sulfide) groups is 1. The number of fused-ring (bicyclic) bond motifs is 1. The zero-order chi connectivity index (χ0) is 21.3. The van der Waals surface area contributed by atoms with Crippen molar-refractivity contribution in [2.75, 3.05) is 0 Å². The fourth-order valence-electron chi connectivity index (χ4n) is 2.92. The van der Waals surface area contributed by atoms with E-state index in [2.05, 4.69) is 61.2 Å². The van der Waals surface area contributed by atoms with Crippen LogP contribution < -0.4 is 10.9 Å². The third kappa shape index (κ3) is 4.73. The van der Waals surface area contributed by atoms with Gasteiger partial charge in [-0.2, -0.15) is 0 Å². The highest BCUT2D eigenvalue weighted by Crippen LogP contribution is 2.29. The SMILES string of the molecule is Cc1ccc(C)c(SCc2nc3sc(C(=O)NC(C)C(C)C)c(C)c3c(=O)[nH]2)c1. The molecule has 0 bridgehead atoms. The molecule has 154 valence electrons. The molecule has 0 saturated carbocycles. The maximum absolute atomic E-state index is 12.7. The molecule has 3 rings (SSSR count). The molecule has 1 atom stereocenters. The van der Waals surface area contributed by atoms with Gasteiger partial charge in [-0.3, -0.25) is 9.59 Å². The van der Waals surface area contributed by atoms with Gasteiger partial charge in [-0.15, -0.1) is 23.1 Å². The Hall–Kier alpha value is -2.12. The number of hydrogen-bond donors (Lipinski definition) is 2. The number of carbonyl (C=O) groups excluding carboxylic acids is 1. The van der Waals surface area contributed by atoms with Crippen LogP contribution in [0.5, 0.6) is 0 Å². The molecule has 7 heteroatoms. The molecule has 0 spiro atoms. The van der Waals surface area contributed by atoms with Gasteiger partial charge in [-0.05, 0) is 50.8 Å². The minimum atomic E-state index is -0.184. The molecule has 0 aliphatic heterocycles. The fraction of sp³-hybridized carbons (Fsp3) is 0.409. The van der Waals surface area contributed by atoms with Crippen LogP contribution in [-0.2, 0) is 5.75 Å². The fourth-order valence-corrected chi connectivity index (χ4v) is 5.02. The number of nitrogens with zero attached hydrogens (tertiary/aromatic N) is 1. The van der Waals surface area contributed by atoms with Gasteiger partial charge in [0.1, 0.15) is 10.7 Å². The van der Waals surface area contributed by atoms with E-state index in [9.17, 15) is 9.59 Å². The summed E-state index contributed by atoms with van der Waals surface area (Å²) in [4.78, 5) is 35.3. The molecule has 0 aliphatic carbocycles. The highest BCUT2D eigenvalue weighted by molar-refractivity contribution is 7.98. The van der Waals surface area contributed by atoms with Gasteiger partial charge < -0.3 is 10.3 Å². The summed E-state index contributed by atoms with van der Waals surface area (Å²) in [6, 6.07) is 6.39. The van der Waals surface area contributed by atoms with Crippen molar-refractivity contribution in [1.29, 1.82) is 0 Å². The highest BCUT2D eigenvalue weighted by atomic mass is 32.2. The Kier molecular flexibility index (Phi) is 6.49. The average molecular weight is 430 g/mol. The lowest BCUT2D eigenvalue weighted by Gasteiger charge is -2.16. The molecule has 0 fully saturated rings. The summed E-state index contributed by atoms with van der Waals surface area (Å²) in [5.74, 6) is 1.39. The molecule has 0 aliphatic rings. The summed E-state index contributed by atoms with van der Waals surface area (Å²) < 4.78 is 0. The molecule has 2 N–H and O–H groups in total. The first-order valence-corrected chi connectivity index (χ1v) is 11.5. The monoisotopic (exact) mass is 429 g/mol. The number of carbonyl (C=O) groups is 1. The summed E-state index contributed by atoms with van der Waals surface area (Å²) in [6.07, 6.45) is 0. The lowest BCUT2D eigenvalue weighted by molar-refractivity contribution is 0.0934. The van der Waals surface area contributed by atoms with E-state index >= 15 is 0 Å². The molecule has 5 nitrogen and oxygen atoms in total. The second-order valence-corrected chi connectivity index (χ2v) is 9.83. The van der Waals surface area contributed by atoms with Gasteiger partial charge >= 0.3 is 0 Å². The summed E-state index contributed by atoms with van der Waals surface area (Å²) in [7, 11) is 0. The van der Waals surface area contributed by atoms with Gasteiger partial charge in [0.05, 0.1) is 16.0 Å². The van der Waals surface area contributed by atoms with Crippen LogP contribution in [0.4, 0.5) is 0 Å². The minimum absolute atomic E-state index is 0.0582. The molecule has 1 unspecified atom stereocenters. The van der Waals surface area contributed by atoms with Crippen molar-refractivity contribution in [3.63, 3.8) is 0 Å². The Morgan fingerprint density at radius 3 is 2.66 bits per heavy atom. The number of aromatic amines is 1. The maximum atomic E-state index is 12.7. The van der Waals surface area contributed by atoms with Crippen LogP contribution >= 0.6 is 23.1 Å². The topological polar surface area (TPSA) is 74.8 Å². The van der Waals surface area contributed by atoms with Crippen molar-refractivity contribution in [2.24, 2.45) is 5.92 Å². The van der Waals surface area contributed by atoms with E-state index in [4.69, 9.17) is 0 Å². The van der Waals surface area contributed by atoms with E-state index in [1.165, 1.54) is 27.4 Å². The smallest absolute Gasteiger partial charge is 0.261 e. The zero-order valence-corrected chi connectivity index (χ0v) is 19.3. The number of hydrogen-bond acceptors (Lipinski definition) is 5. The van der Waals surface area contributed by atoms with Crippen molar-refractivity contribution < 1.29 is 4.79 Å². The number of benzene rings is 1. The van der Waals surface area contributed by atoms with E-state index in [0.717, 1.165) is 0 Å². The van der Waals surface area contributed by atoms with Gasteiger partial charge in [0, 0.05) is 10.9 Å². The minimum Gasteiger partial charge on any atom is -0.349 e. The van der Waals surface area contributed by atoms with Gasteiger partial charge in [0.15, 0.2) is 0 Å². The predicted octanol–water partition coefficient (Wildman–Crippen LogP) is 4.98. The van der Waals surface area contributed by atoms with Crippen molar-refractivity contribution >= 4 is 39.2 Å². The normalized spacial score (nSPS) is 12.5. The van der Waals surface area contributed by atoms with Crippen LogP contribution in [0.25, 0.3) is 10.2 Å². The summed E-state index contributed by atoms with van der Waals surface area (Å²) in [5.41, 5.74) is 2.92. The van der Waals surface area contributed by atoms with Crippen LogP contribution in [0.1, 0.15) is 53.0 Å². The Labute approximate surface area is 179 Å². The highest BCUT2D eigenvalue weighted by Gasteiger charge is 2.21. The summed E-state index contributed by atoms with van der Waals surface area (Å²) >= 11 is 2.94. The van der Waals surface area contributed by atoms with Crippen LogP contribution in [-0.4, -0.2) is 21.9 Å². The molecule has 0 saturated heterocycles. The van der Waals surface area contributed by atoms with Crippen LogP contribution in [0.15, 0.2) is 27.9 Å². The van der Waals surface area contributed by atoms with Crippen LogP contribution in [0, 0.1) is 26.7 Å². The first-order valence-electron chi connectivity index (χ1n) is 9.70. The first-order chi connectivity index (χ1) is 13.7. The van der Waals surface area contributed by atoms with Crippen LogP contribution in [0.2, 0.25) is 0 Å². The first kappa shape index (κ1) is 21.6. The Morgan fingerprint density at radius 1 is 1.24 bits per heavy atom. The standard InChI is InChI=1S/C22H27N3O2S2/c1-11(2)15(6)23-21(27)19-14(5)18-20(26)24-17(25-22(18)29-19)10-28-16-9-12(3)7-8-13(16)4/h7-9,11,15H,10H2,1-6H3,(H,23,27)(H,24,25,26). The van der Waals surface area contributed by atoms with E-state index in [1.54, 1.807) is 11.8 Å². The van der Waals surface area contributed by atoms with Gasteiger partial charge in [0.25, 0.3) is 11.5 Å². The van der Waals surface area contributed by atoms with E-state index < -0.39 is 0 Å². The summed E-state index contributed by atoms with van der Waals surface area (Å²) in [6.45, 7) is 12.1. The predicted molar refractivity (Wildman–Crippen MR) is 122 cm³/mol. The van der Waals surface area contributed by atoms with Gasteiger partial charge in [-0.1, -0.05) is 31.5 Å². The number of aromatic nitrogens is 2. The van der Waals surface area contributed by atoms with Gasteiger partial charge in [-0.25, -0.2) is 4.98 Å². The van der Waals surface area contributed by atoms with E-state index in [1.807, 2.05) is 13.8 Å². The Morgan fingerprint density at radius 2 is 1.97 bits per heavy atom. The molecule has 0 radical (unpaired) electrons. The molecule has 3 aromatic rings. The molecule has 2 heterocycles. The Balaban J connectivity index is 1.88. The average Bonchev–Trinajstić information content (AvgIpc) is 2.99. The van der Waals surface area contributed by atoms with Crippen molar-refractivity contribution in [1.82, 2.24) is 15.3 Å². The quantitative estimate of drug-likeness (QED) is 0.542. The summed E-state index contributed by atoms with van der Waals surface area (Å²) in [5, 5.41) is 3.53. The van der Waals surface area contributed by atoms with E-state index in [0.29, 0.717) is 38.2 Å². The van der Waals surface area contributed by atoms with Crippen molar-refractivity contribution in [3.05, 3.63) is 55.9 Å². The largest absolute Gasteiger partial charge is 0.349 e. The molecular formula is C22H27N3O2S2. The molecule has 29 heavy (non-hydrogen) atoms. The third-order valence-corrected chi connectivity index (χ3v) is 7.48. The molecular weight excluding hydrogens is 402 g/mol. The lowest BCUT2D eigenvalue weighted by Crippen LogP contribution is -2.35. The number of H-pyrrole nitrogens is 1. The van der Waals surface area contributed by atoms with E-state index in [-0.39, 0.29) is 17.5 Å². The number of aryl methyl sites for hydroxylation is 3. The van der Waals surface area contributed by atoms with Crippen LogP contribution in [0.3, 0.4) is 0 Å². The van der Waals surface area contributed by atoms with Gasteiger partial charge in [0.2, 0.25) is 0 Å². The maximum Gasteiger partial charge on any atom is 0.261 e. The number of rotatable bonds is 6. The number of nitrogens with one attached hydrogen (secondary N) is 2. The Bertz CT molecular complexity index is 1120. The number of amides is 1. The lowest BCUT2D eigenvalue weighted by atomic mass is 10.1. The molecule has 1 aromatic carbocycles.